The van der Waals surface area contributed by atoms with Crippen LogP contribution >= 0.6 is 0 Å². The minimum absolute atomic E-state index is 0.437. The number of benzene rings is 2. The number of pyridine rings is 1. The van der Waals surface area contributed by atoms with E-state index >= 15 is 0 Å². The first-order valence-corrected chi connectivity index (χ1v) is 8.35. The molecule has 3 N–H and O–H groups in total. The Morgan fingerprint density at radius 1 is 0.885 bits per heavy atom. The van der Waals surface area contributed by atoms with E-state index in [1.165, 1.54) is 0 Å². The summed E-state index contributed by atoms with van der Waals surface area (Å²) in [5, 5.41) is 7.52. The molecule has 5 heteroatoms. The molecule has 0 bridgehead atoms. The average molecular weight is 342 g/mol. The Bertz CT molecular complexity index is 994. The second-order valence-electron chi connectivity index (χ2n) is 5.98. The normalized spacial score (nSPS) is 10.6. The van der Waals surface area contributed by atoms with Gasteiger partial charge >= 0.3 is 0 Å². The molecule has 0 amide bonds. The standard InChI is InChI=1S/C21H18N4O/c22-21-19(7-4-12-23-21)20-14-18(25-26-20)13-15-8-10-17(11-9-15)24-16-5-2-1-3-6-16/h1-12,14,24H,13H2,(H2,22,23). The predicted octanol–water partition coefficient (Wildman–Crippen LogP) is 4.65. The fourth-order valence-electron chi connectivity index (χ4n) is 2.75. The van der Waals surface area contributed by atoms with Crippen molar-refractivity contribution >= 4 is 17.2 Å². The SMILES string of the molecule is Nc1ncccc1-c1cc(Cc2ccc(Nc3ccccc3)cc2)no1. The van der Waals surface area contributed by atoms with Crippen molar-refractivity contribution in [1.82, 2.24) is 10.1 Å². The largest absolute Gasteiger partial charge is 0.383 e. The predicted molar refractivity (Wildman–Crippen MR) is 103 cm³/mol. The maximum absolute atomic E-state index is 5.89. The van der Waals surface area contributed by atoms with Crippen LogP contribution in [-0.4, -0.2) is 10.1 Å². The first kappa shape index (κ1) is 15.9. The van der Waals surface area contributed by atoms with Crippen molar-refractivity contribution in [3.8, 4) is 11.3 Å². The molecule has 2 aromatic heterocycles. The van der Waals surface area contributed by atoms with Crippen LogP contribution in [0.2, 0.25) is 0 Å². The van der Waals surface area contributed by atoms with Gasteiger partial charge in [-0.05, 0) is 42.0 Å². The van der Waals surface area contributed by atoms with Gasteiger partial charge in [-0.1, -0.05) is 35.5 Å². The van der Waals surface area contributed by atoms with E-state index in [-0.39, 0.29) is 0 Å². The molecule has 0 unspecified atom stereocenters. The van der Waals surface area contributed by atoms with E-state index in [1.54, 1.807) is 6.20 Å². The highest BCUT2D eigenvalue weighted by atomic mass is 16.5. The Hall–Kier alpha value is -3.60. The number of nitrogens with zero attached hydrogens (tertiary/aromatic N) is 2. The minimum atomic E-state index is 0.437. The fourth-order valence-corrected chi connectivity index (χ4v) is 2.75. The molecular formula is C21H18N4O. The zero-order valence-electron chi connectivity index (χ0n) is 14.1. The summed E-state index contributed by atoms with van der Waals surface area (Å²) in [6.07, 6.45) is 2.34. The average Bonchev–Trinajstić information content (AvgIpc) is 3.13. The monoisotopic (exact) mass is 342 g/mol. The summed E-state index contributed by atoms with van der Waals surface area (Å²) in [5.41, 5.74) is 10.8. The summed E-state index contributed by atoms with van der Waals surface area (Å²) in [5.74, 6) is 1.07. The van der Waals surface area contributed by atoms with Crippen LogP contribution in [0.3, 0.4) is 0 Å². The van der Waals surface area contributed by atoms with Gasteiger partial charge in [0.2, 0.25) is 0 Å². The maximum Gasteiger partial charge on any atom is 0.170 e. The molecule has 0 fully saturated rings. The molecule has 0 saturated heterocycles. The molecule has 0 spiro atoms. The highest BCUT2D eigenvalue weighted by Crippen LogP contribution is 2.25. The van der Waals surface area contributed by atoms with E-state index in [0.717, 1.165) is 28.2 Å². The summed E-state index contributed by atoms with van der Waals surface area (Å²) in [6.45, 7) is 0. The molecule has 0 radical (unpaired) electrons. The third-order valence-corrected chi connectivity index (χ3v) is 4.06. The third kappa shape index (κ3) is 3.57. The Labute approximate surface area is 151 Å². The van der Waals surface area contributed by atoms with E-state index in [2.05, 4.69) is 39.7 Å². The fraction of sp³-hybridized carbons (Fsp3) is 0.0476. The Balaban J connectivity index is 1.46. The van der Waals surface area contributed by atoms with Crippen LogP contribution in [0.25, 0.3) is 11.3 Å². The Morgan fingerprint density at radius 2 is 1.65 bits per heavy atom. The second kappa shape index (κ2) is 7.11. The molecule has 4 aromatic rings. The lowest BCUT2D eigenvalue weighted by molar-refractivity contribution is 0.425. The van der Waals surface area contributed by atoms with Crippen molar-refractivity contribution in [2.45, 2.75) is 6.42 Å². The van der Waals surface area contributed by atoms with Gasteiger partial charge in [0.15, 0.2) is 5.76 Å². The summed E-state index contributed by atoms with van der Waals surface area (Å²) >= 11 is 0. The first-order valence-electron chi connectivity index (χ1n) is 8.35. The van der Waals surface area contributed by atoms with Crippen LogP contribution in [0.1, 0.15) is 11.3 Å². The van der Waals surface area contributed by atoms with Crippen LogP contribution < -0.4 is 11.1 Å². The first-order chi connectivity index (χ1) is 12.8. The van der Waals surface area contributed by atoms with Crippen molar-refractivity contribution in [2.75, 3.05) is 11.1 Å². The van der Waals surface area contributed by atoms with Gasteiger partial charge in [-0.15, -0.1) is 0 Å². The molecule has 4 rings (SSSR count). The van der Waals surface area contributed by atoms with Crippen LogP contribution in [0.15, 0.2) is 83.5 Å². The number of hydrogen-bond acceptors (Lipinski definition) is 5. The number of nitrogens with two attached hydrogens (primary N) is 1. The van der Waals surface area contributed by atoms with Crippen molar-refractivity contribution in [2.24, 2.45) is 0 Å². The lowest BCUT2D eigenvalue weighted by atomic mass is 10.1. The molecule has 0 aliphatic heterocycles. The van der Waals surface area contributed by atoms with Crippen molar-refractivity contribution < 1.29 is 4.52 Å². The second-order valence-corrected chi connectivity index (χ2v) is 5.98. The van der Waals surface area contributed by atoms with E-state index < -0.39 is 0 Å². The van der Waals surface area contributed by atoms with E-state index in [4.69, 9.17) is 10.3 Å². The van der Waals surface area contributed by atoms with Crippen molar-refractivity contribution in [3.63, 3.8) is 0 Å². The number of para-hydroxylation sites is 1. The van der Waals surface area contributed by atoms with Crippen LogP contribution in [0.5, 0.6) is 0 Å². The van der Waals surface area contributed by atoms with Crippen LogP contribution in [0, 0.1) is 0 Å². The molecule has 5 nitrogen and oxygen atoms in total. The molecule has 0 aliphatic rings. The zero-order valence-corrected chi connectivity index (χ0v) is 14.1. The zero-order chi connectivity index (χ0) is 17.8. The van der Waals surface area contributed by atoms with Gasteiger partial charge in [-0.2, -0.15) is 0 Å². The highest BCUT2D eigenvalue weighted by molar-refractivity contribution is 5.69. The van der Waals surface area contributed by atoms with Gasteiger partial charge in [0.25, 0.3) is 0 Å². The van der Waals surface area contributed by atoms with E-state index in [1.807, 2.05) is 48.5 Å². The van der Waals surface area contributed by atoms with E-state index in [0.29, 0.717) is 18.0 Å². The number of nitrogen functional groups attached to an aromatic ring is 1. The lowest BCUT2D eigenvalue weighted by Gasteiger charge is -2.06. The van der Waals surface area contributed by atoms with Gasteiger partial charge in [-0.25, -0.2) is 4.98 Å². The highest BCUT2D eigenvalue weighted by Gasteiger charge is 2.10. The molecule has 2 heterocycles. The smallest absolute Gasteiger partial charge is 0.170 e. The number of nitrogens with one attached hydrogen (secondary N) is 1. The topological polar surface area (TPSA) is 77.0 Å². The maximum atomic E-state index is 5.89. The Kier molecular flexibility index (Phi) is 4.35. The summed E-state index contributed by atoms with van der Waals surface area (Å²) in [7, 11) is 0. The van der Waals surface area contributed by atoms with Gasteiger partial charge in [-0.3, -0.25) is 0 Å². The van der Waals surface area contributed by atoms with Crippen LogP contribution in [-0.2, 0) is 6.42 Å². The molecule has 0 saturated carbocycles. The van der Waals surface area contributed by atoms with Gasteiger partial charge in [0.1, 0.15) is 5.82 Å². The summed E-state index contributed by atoms with van der Waals surface area (Å²) in [4.78, 5) is 4.08. The number of rotatable bonds is 5. The molecule has 26 heavy (non-hydrogen) atoms. The summed E-state index contributed by atoms with van der Waals surface area (Å²) in [6, 6.07) is 24.0. The molecule has 2 aromatic carbocycles. The van der Waals surface area contributed by atoms with Gasteiger partial charge < -0.3 is 15.6 Å². The molecule has 0 aliphatic carbocycles. The quantitative estimate of drug-likeness (QED) is 0.552. The van der Waals surface area contributed by atoms with Gasteiger partial charge in [0.05, 0.1) is 11.3 Å². The summed E-state index contributed by atoms with van der Waals surface area (Å²) < 4.78 is 5.42. The molecule has 128 valence electrons. The lowest BCUT2D eigenvalue weighted by Crippen LogP contribution is -1.92. The van der Waals surface area contributed by atoms with Gasteiger partial charge in [0, 0.05) is 30.1 Å². The number of hydrogen-bond donors (Lipinski definition) is 2. The van der Waals surface area contributed by atoms with Crippen molar-refractivity contribution in [1.29, 1.82) is 0 Å². The molecule has 0 atom stereocenters. The van der Waals surface area contributed by atoms with Crippen molar-refractivity contribution in [3.05, 3.63) is 90.3 Å². The van der Waals surface area contributed by atoms with Crippen LogP contribution in [0.4, 0.5) is 17.2 Å². The minimum Gasteiger partial charge on any atom is -0.383 e. The molecular weight excluding hydrogens is 324 g/mol. The third-order valence-electron chi connectivity index (χ3n) is 4.06. The Morgan fingerprint density at radius 3 is 2.42 bits per heavy atom. The number of anilines is 3. The number of aromatic nitrogens is 2. The van der Waals surface area contributed by atoms with E-state index in [9.17, 15) is 0 Å².